The SMILES string of the molecule is C[C@@H](N)c1ccc(OCCC2CCC2)nc1. The van der Waals surface area contributed by atoms with E-state index in [1.54, 1.807) is 6.20 Å². The van der Waals surface area contributed by atoms with E-state index in [9.17, 15) is 0 Å². The maximum Gasteiger partial charge on any atom is 0.213 e. The monoisotopic (exact) mass is 220 g/mol. The number of rotatable bonds is 5. The minimum Gasteiger partial charge on any atom is -0.478 e. The third-order valence-corrected chi connectivity index (χ3v) is 3.29. The zero-order chi connectivity index (χ0) is 11.4. The molecule has 0 aliphatic heterocycles. The molecular weight excluding hydrogens is 200 g/mol. The molecule has 0 spiro atoms. The van der Waals surface area contributed by atoms with Crippen LogP contribution in [-0.2, 0) is 0 Å². The second-order valence-corrected chi connectivity index (χ2v) is 4.65. The van der Waals surface area contributed by atoms with Gasteiger partial charge in [-0.3, -0.25) is 0 Å². The summed E-state index contributed by atoms with van der Waals surface area (Å²) in [7, 11) is 0. The topological polar surface area (TPSA) is 48.1 Å². The fourth-order valence-electron chi connectivity index (χ4n) is 1.86. The first-order valence-electron chi connectivity index (χ1n) is 6.10. The van der Waals surface area contributed by atoms with Crippen LogP contribution in [-0.4, -0.2) is 11.6 Å². The third-order valence-electron chi connectivity index (χ3n) is 3.29. The van der Waals surface area contributed by atoms with Crippen LogP contribution in [0.2, 0.25) is 0 Å². The molecule has 0 aromatic carbocycles. The number of hydrogen-bond acceptors (Lipinski definition) is 3. The van der Waals surface area contributed by atoms with Crippen molar-refractivity contribution in [3.8, 4) is 5.88 Å². The predicted molar refractivity (Wildman–Crippen MR) is 64.3 cm³/mol. The van der Waals surface area contributed by atoms with Crippen LogP contribution >= 0.6 is 0 Å². The minimum atomic E-state index is 0.0385. The Balaban J connectivity index is 1.75. The largest absolute Gasteiger partial charge is 0.478 e. The molecule has 3 heteroatoms. The van der Waals surface area contributed by atoms with E-state index in [0.29, 0.717) is 5.88 Å². The molecule has 16 heavy (non-hydrogen) atoms. The standard InChI is InChI=1S/C13H20N2O/c1-10(14)12-5-6-13(15-9-12)16-8-7-11-3-2-4-11/h5-6,9-11H,2-4,7-8,14H2,1H3/t10-/m1/s1. The molecular formula is C13H20N2O. The Morgan fingerprint density at radius 2 is 2.31 bits per heavy atom. The summed E-state index contributed by atoms with van der Waals surface area (Å²) in [5.41, 5.74) is 6.80. The van der Waals surface area contributed by atoms with Crippen molar-refractivity contribution in [3.63, 3.8) is 0 Å². The van der Waals surface area contributed by atoms with Gasteiger partial charge in [-0.1, -0.05) is 25.3 Å². The molecule has 0 bridgehead atoms. The summed E-state index contributed by atoms with van der Waals surface area (Å²) in [5, 5.41) is 0. The first kappa shape index (κ1) is 11.4. The van der Waals surface area contributed by atoms with Crippen LogP contribution < -0.4 is 10.5 Å². The molecule has 0 unspecified atom stereocenters. The van der Waals surface area contributed by atoms with Crippen LogP contribution in [0.1, 0.15) is 44.2 Å². The van der Waals surface area contributed by atoms with E-state index in [4.69, 9.17) is 10.5 Å². The van der Waals surface area contributed by atoms with Crippen LogP contribution in [0.3, 0.4) is 0 Å². The van der Waals surface area contributed by atoms with Gasteiger partial charge in [0, 0.05) is 18.3 Å². The zero-order valence-electron chi connectivity index (χ0n) is 9.86. The highest BCUT2D eigenvalue weighted by molar-refractivity contribution is 5.19. The van der Waals surface area contributed by atoms with Crippen molar-refractivity contribution in [2.45, 2.75) is 38.6 Å². The normalized spacial score (nSPS) is 17.9. The molecule has 1 aromatic heterocycles. The number of nitrogens with zero attached hydrogens (tertiary/aromatic N) is 1. The average molecular weight is 220 g/mol. The van der Waals surface area contributed by atoms with Gasteiger partial charge in [0.15, 0.2) is 0 Å². The van der Waals surface area contributed by atoms with E-state index in [1.807, 2.05) is 19.1 Å². The highest BCUT2D eigenvalue weighted by Crippen LogP contribution is 2.29. The van der Waals surface area contributed by atoms with E-state index in [2.05, 4.69) is 4.98 Å². The van der Waals surface area contributed by atoms with E-state index in [-0.39, 0.29) is 6.04 Å². The fraction of sp³-hybridized carbons (Fsp3) is 0.615. The van der Waals surface area contributed by atoms with Crippen LogP contribution in [0.4, 0.5) is 0 Å². The number of pyridine rings is 1. The van der Waals surface area contributed by atoms with Crippen molar-refractivity contribution < 1.29 is 4.74 Å². The maximum atomic E-state index is 5.75. The molecule has 1 atom stereocenters. The van der Waals surface area contributed by atoms with Gasteiger partial charge >= 0.3 is 0 Å². The molecule has 2 rings (SSSR count). The van der Waals surface area contributed by atoms with Gasteiger partial charge in [0.05, 0.1) is 6.61 Å². The van der Waals surface area contributed by atoms with Crippen LogP contribution in [0.15, 0.2) is 18.3 Å². The zero-order valence-corrected chi connectivity index (χ0v) is 9.86. The summed E-state index contributed by atoms with van der Waals surface area (Å²) >= 11 is 0. The Kier molecular flexibility index (Phi) is 3.78. The Hall–Kier alpha value is -1.09. The molecule has 0 radical (unpaired) electrons. The summed E-state index contributed by atoms with van der Waals surface area (Å²) in [5.74, 6) is 1.60. The lowest BCUT2D eigenvalue weighted by molar-refractivity contribution is 0.217. The molecule has 0 saturated heterocycles. The third kappa shape index (κ3) is 2.95. The molecule has 2 N–H and O–H groups in total. The first-order valence-corrected chi connectivity index (χ1v) is 6.10. The first-order chi connectivity index (χ1) is 7.75. The van der Waals surface area contributed by atoms with Gasteiger partial charge < -0.3 is 10.5 Å². The van der Waals surface area contributed by atoms with Crippen molar-refractivity contribution in [2.24, 2.45) is 11.7 Å². The molecule has 1 saturated carbocycles. The van der Waals surface area contributed by atoms with Crippen molar-refractivity contribution in [1.29, 1.82) is 0 Å². The van der Waals surface area contributed by atoms with Gasteiger partial charge in [-0.2, -0.15) is 0 Å². The summed E-state index contributed by atoms with van der Waals surface area (Å²) in [6, 6.07) is 3.92. The molecule has 1 aliphatic rings. The quantitative estimate of drug-likeness (QED) is 0.830. The molecule has 1 heterocycles. The van der Waals surface area contributed by atoms with Gasteiger partial charge in [0.25, 0.3) is 0 Å². The van der Waals surface area contributed by atoms with Crippen LogP contribution in [0.5, 0.6) is 5.88 Å². The van der Waals surface area contributed by atoms with Crippen molar-refractivity contribution >= 4 is 0 Å². The van der Waals surface area contributed by atoms with E-state index < -0.39 is 0 Å². The molecule has 3 nitrogen and oxygen atoms in total. The van der Waals surface area contributed by atoms with Crippen molar-refractivity contribution in [3.05, 3.63) is 23.9 Å². The van der Waals surface area contributed by atoms with Crippen LogP contribution in [0.25, 0.3) is 0 Å². The average Bonchev–Trinajstić information content (AvgIpc) is 2.22. The summed E-state index contributed by atoms with van der Waals surface area (Å²) in [6.45, 7) is 2.74. The summed E-state index contributed by atoms with van der Waals surface area (Å²) < 4.78 is 5.60. The Bertz CT molecular complexity index is 317. The Labute approximate surface area is 97.0 Å². The predicted octanol–water partition coefficient (Wildman–Crippen LogP) is 2.67. The van der Waals surface area contributed by atoms with Gasteiger partial charge in [-0.15, -0.1) is 0 Å². The molecule has 1 fully saturated rings. The molecule has 1 aromatic rings. The van der Waals surface area contributed by atoms with Crippen molar-refractivity contribution in [2.75, 3.05) is 6.61 Å². The van der Waals surface area contributed by atoms with E-state index >= 15 is 0 Å². The van der Waals surface area contributed by atoms with Gasteiger partial charge in [-0.25, -0.2) is 4.98 Å². The highest BCUT2D eigenvalue weighted by atomic mass is 16.5. The summed E-state index contributed by atoms with van der Waals surface area (Å²) in [6.07, 6.45) is 7.10. The highest BCUT2D eigenvalue weighted by Gasteiger charge is 2.16. The Morgan fingerprint density at radius 3 is 2.81 bits per heavy atom. The smallest absolute Gasteiger partial charge is 0.213 e. The number of hydrogen-bond donors (Lipinski definition) is 1. The maximum absolute atomic E-state index is 5.75. The summed E-state index contributed by atoms with van der Waals surface area (Å²) in [4.78, 5) is 4.24. The van der Waals surface area contributed by atoms with Crippen molar-refractivity contribution in [1.82, 2.24) is 4.98 Å². The molecule has 88 valence electrons. The lowest BCUT2D eigenvalue weighted by Crippen LogP contribution is -2.14. The lowest BCUT2D eigenvalue weighted by atomic mass is 9.83. The second kappa shape index (κ2) is 5.30. The lowest BCUT2D eigenvalue weighted by Gasteiger charge is -2.24. The van der Waals surface area contributed by atoms with Gasteiger partial charge in [0.2, 0.25) is 5.88 Å². The fourth-order valence-corrected chi connectivity index (χ4v) is 1.86. The number of ether oxygens (including phenoxy) is 1. The second-order valence-electron chi connectivity index (χ2n) is 4.65. The van der Waals surface area contributed by atoms with Crippen LogP contribution in [0, 0.1) is 5.92 Å². The molecule has 0 amide bonds. The Morgan fingerprint density at radius 1 is 1.50 bits per heavy atom. The minimum absolute atomic E-state index is 0.0385. The number of nitrogens with two attached hydrogens (primary N) is 1. The van der Waals surface area contributed by atoms with E-state index in [0.717, 1.165) is 24.5 Å². The van der Waals surface area contributed by atoms with Gasteiger partial charge in [-0.05, 0) is 24.8 Å². The van der Waals surface area contributed by atoms with Gasteiger partial charge in [0.1, 0.15) is 0 Å². The molecule has 1 aliphatic carbocycles. The number of aromatic nitrogens is 1. The van der Waals surface area contributed by atoms with E-state index in [1.165, 1.54) is 19.3 Å².